The van der Waals surface area contributed by atoms with Gasteiger partial charge in [-0.05, 0) is 46.8 Å². The highest BCUT2D eigenvalue weighted by molar-refractivity contribution is 5.93. The van der Waals surface area contributed by atoms with Crippen LogP contribution in [-0.2, 0) is 0 Å². The van der Waals surface area contributed by atoms with Crippen molar-refractivity contribution in [1.29, 1.82) is 0 Å². The Balaban J connectivity index is 2.55. The topological polar surface area (TPSA) is 50.5 Å². The summed E-state index contributed by atoms with van der Waals surface area (Å²) in [4.78, 5) is 26.6. The van der Waals surface area contributed by atoms with E-state index in [4.69, 9.17) is 4.42 Å². The standard InChI is InChI=1S/C17H21NO3/c1-11(2)18(17(3,4)5)16(20)15-10-13(19)12-8-6-7-9-14(12)21-15/h6-11H,1-5H3. The fourth-order valence-corrected chi connectivity index (χ4v) is 2.64. The lowest BCUT2D eigenvalue weighted by atomic mass is 10.0. The first-order chi connectivity index (χ1) is 9.71. The molecule has 2 rings (SSSR count). The number of hydrogen-bond donors (Lipinski definition) is 0. The second-order valence-corrected chi connectivity index (χ2v) is 6.41. The predicted molar refractivity (Wildman–Crippen MR) is 83.5 cm³/mol. The third-order valence-electron chi connectivity index (χ3n) is 3.30. The lowest BCUT2D eigenvalue weighted by molar-refractivity contribution is 0.0457. The maximum atomic E-state index is 12.7. The van der Waals surface area contributed by atoms with Crippen LogP contribution in [-0.4, -0.2) is 22.4 Å². The maximum Gasteiger partial charge on any atom is 0.290 e. The van der Waals surface area contributed by atoms with Crippen molar-refractivity contribution in [3.8, 4) is 0 Å². The first kappa shape index (κ1) is 15.3. The van der Waals surface area contributed by atoms with E-state index in [9.17, 15) is 9.59 Å². The summed E-state index contributed by atoms with van der Waals surface area (Å²) in [5.74, 6) is -0.178. The second kappa shape index (κ2) is 5.35. The van der Waals surface area contributed by atoms with E-state index in [1.54, 1.807) is 29.2 Å². The number of benzene rings is 1. The average molecular weight is 287 g/mol. The highest BCUT2D eigenvalue weighted by Gasteiger charge is 2.31. The van der Waals surface area contributed by atoms with Gasteiger partial charge in [-0.3, -0.25) is 9.59 Å². The number of hydrogen-bond acceptors (Lipinski definition) is 3. The van der Waals surface area contributed by atoms with Crippen molar-refractivity contribution >= 4 is 16.9 Å². The monoisotopic (exact) mass is 287 g/mol. The lowest BCUT2D eigenvalue weighted by Gasteiger charge is -2.38. The van der Waals surface area contributed by atoms with Gasteiger partial charge >= 0.3 is 0 Å². The Kier molecular flexibility index (Phi) is 3.90. The van der Waals surface area contributed by atoms with Crippen LogP contribution in [0, 0.1) is 0 Å². The van der Waals surface area contributed by atoms with Crippen molar-refractivity contribution in [2.75, 3.05) is 0 Å². The third kappa shape index (κ3) is 2.99. The summed E-state index contributed by atoms with van der Waals surface area (Å²) in [5.41, 5.74) is -0.112. The molecule has 4 nitrogen and oxygen atoms in total. The lowest BCUT2D eigenvalue weighted by Crippen LogP contribution is -2.49. The smallest absolute Gasteiger partial charge is 0.290 e. The van der Waals surface area contributed by atoms with Crippen LogP contribution in [0.5, 0.6) is 0 Å². The Hall–Kier alpha value is -2.10. The largest absolute Gasteiger partial charge is 0.451 e. The number of carbonyl (C=O) groups excluding carboxylic acids is 1. The molecular formula is C17H21NO3. The van der Waals surface area contributed by atoms with Gasteiger partial charge in [0.15, 0.2) is 11.2 Å². The van der Waals surface area contributed by atoms with Crippen LogP contribution in [0.2, 0.25) is 0 Å². The molecule has 4 heteroatoms. The summed E-state index contributed by atoms with van der Waals surface area (Å²) < 4.78 is 5.64. The first-order valence-corrected chi connectivity index (χ1v) is 7.08. The van der Waals surface area contributed by atoms with Crippen LogP contribution in [0.1, 0.15) is 45.2 Å². The normalized spacial score (nSPS) is 11.9. The van der Waals surface area contributed by atoms with Crippen molar-refractivity contribution in [3.63, 3.8) is 0 Å². The Morgan fingerprint density at radius 1 is 1.19 bits per heavy atom. The summed E-state index contributed by atoms with van der Waals surface area (Å²) in [6, 6.07) is 8.24. The number of amides is 1. The summed E-state index contributed by atoms with van der Waals surface area (Å²) in [7, 11) is 0. The Bertz CT molecular complexity index is 723. The molecule has 1 aromatic heterocycles. The van der Waals surface area contributed by atoms with Gasteiger partial charge in [0.1, 0.15) is 5.58 Å². The van der Waals surface area contributed by atoms with Gasteiger partial charge in [0.25, 0.3) is 5.91 Å². The summed E-state index contributed by atoms with van der Waals surface area (Å²) in [6.07, 6.45) is 0. The van der Waals surface area contributed by atoms with E-state index >= 15 is 0 Å². The van der Waals surface area contributed by atoms with Crippen molar-refractivity contribution in [3.05, 3.63) is 46.3 Å². The summed E-state index contributed by atoms with van der Waals surface area (Å²) in [5, 5.41) is 0.487. The minimum atomic E-state index is -0.352. The molecule has 21 heavy (non-hydrogen) atoms. The predicted octanol–water partition coefficient (Wildman–Crippen LogP) is 3.44. The number of para-hydroxylation sites is 1. The molecule has 1 heterocycles. The van der Waals surface area contributed by atoms with Crippen LogP contribution in [0.4, 0.5) is 0 Å². The van der Waals surface area contributed by atoms with Crippen molar-refractivity contribution in [2.24, 2.45) is 0 Å². The van der Waals surface area contributed by atoms with E-state index in [1.807, 2.05) is 34.6 Å². The Morgan fingerprint density at radius 2 is 1.81 bits per heavy atom. The Labute approximate surface area is 124 Å². The molecule has 0 unspecified atom stereocenters. The van der Waals surface area contributed by atoms with E-state index in [-0.39, 0.29) is 28.7 Å². The molecule has 1 amide bonds. The van der Waals surface area contributed by atoms with Gasteiger partial charge in [0.2, 0.25) is 0 Å². The third-order valence-corrected chi connectivity index (χ3v) is 3.30. The van der Waals surface area contributed by atoms with Gasteiger partial charge < -0.3 is 9.32 Å². The quantitative estimate of drug-likeness (QED) is 0.850. The van der Waals surface area contributed by atoms with Crippen molar-refractivity contribution in [1.82, 2.24) is 4.90 Å². The highest BCUT2D eigenvalue weighted by Crippen LogP contribution is 2.21. The molecule has 2 aromatic rings. The average Bonchev–Trinajstić information content (AvgIpc) is 2.36. The zero-order valence-corrected chi connectivity index (χ0v) is 13.1. The fourth-order valence-electron chi connectivity index (χ4n) is 2.64. The van der Waals surface area contributed by atoms with Gasteiger partial charge in [-0.15, -0.1) is 0 Å². The van der Waals surface area contributed by atoms with Gasteiger partial charge in [0, 0.05) is 17.6 Å². The Morgan fingerprint density at radius 3 is 2.38 bits per heavy atom. The first-order valence-electron chi connectivity index (χ1n) is 7.08. The van der Waals surface area contributed by atoms with Crippen LogP contribution >= 0.6 is 0 Å². The fraction of sp³-hybridized carbons (Fsp3) is 0.412. The van der Waals surface area contributed by atoms with Gasteiger partial charge in [-0.25, -0.2) is 0 Å². The molecule has 0 aliphatic carbocycles. The molecule has 0 aliphatic heterocycles. The molecule has 112 valence electrons. The zero-order chi connectivity index (χ0) is 15.8. The molecule has 0 fully saturated rings. The SMILES string of the molecule is CC(C)N(C(=O)c1cc(=O)c2ccccc2o1)C(C)(C)C. The molecule has 0 N–H and O–H groups in total. The molecule has 0 spiro atoms. The van der Waals surface area contributed by atoms with E-state index in [2.05, 4.69) is 0 Å². The van der Waals surface area contributed by atoms with Gasteiger partial charge in [-0.2, -0.15) is 0 Å². The van der Waals surface area contributed by atoms with Crippen LogP contribution < -0.4 is 5.43 Å². The zero-order valence-electron chi connectivity index (χ0n) is 13.1. The van der Waals surface area contributed by atoms with E-state index < -0.39 is 0 Å². The van der Waals surface area contributed by atoms with Crippen LogP contribution in [0.25, 0.3) is 11.0 Å². The molecule has 0 atom stereocenters. The molecule has 0 saturated heterocycles. The van der Waals surface area contributed by atoms with Crippen molar-refractivity contribution in [2.45, 2.75) is 46.2 Å². The van der Waals surface area contributed by atoms with Crippen molar-refractivity contribution < 1.29 is 9.21 Å². The molecule has 0 aliphatic rings. The molecule has 0 radical (unpaired) electrons. The molecule has 0 saturated carbocycles. The summed E-state index contributed by atoms with van der Waals surface area (Å²) in [6.45, 7) is 9.78. The number of fused-ring (bicyclic) bond motifs is 1. The van der Waals surface area contributed by atoms with E-state index in [0.29, 0.717) is 11.0 Å². The van der Waals surface area contributed by atoms with E-state index in [1.165, 1.54) is 6.07 Å². The number of rotatable bonds is 2. The molecular weight excluding hydrogens is 266 g/mol. The molecule has 1 aromatic carbocycles. The van der Waals surface area contributed by atoms with Crippen LogP contribution in [0.3, 0.4) is 0 Å². The molecule has 0 bridgehead atoms. The summed E-state index contributed by atoms with van der Waals surface area (Å²) >= 11 is 0. The van der Waals surface area contributed by atoms with Gasteiger partial charge in [0.05, 0.1) is 5.39 Å². The number of carbonyl (C=O) groups is 1. The van der Waals surface area contributed by atoms with Gasteiger partial charge in [-0.1, -0.05) is 12.1 Å². The second-order valence-electron chi connectivity index (χ2n) is 6.41. The minimum absolute atomic E-state index is 0.00859. The van der Waals surface area contributed by atoms with Crippen LogP contribution in [0.15, 0.2) is 39.5 Å². The minimum Gasteiger partial charge on any atom is -0.451 e. The maximum absolute atomic E-state index is 12.7. The van der Waals surface area contributed by atoms with E-state index in [0.717, 1.165) is 0 Å². The highest BCUT2D eigenvalue weighted by atomic mass is 16.3. The number of nitrogens with zero attached hydrogens (tertiary/aromatic N) is 1.